The maximum atomic E-state index is 13.3. The quantitative estimate of drug-likeness (QED) is 0.0551. The van der Waals surface area contributed by atoms with Gasteiger partial charge >= 0.3 is 5.97 Å². The SMILES string of the molecule is CC(C)CC(NC(=O)C(CCCCN)NC(=O)C(N)CCCN=C(N)N)C(=O)NC(Cc1ccc(O)cc1)C(=O)O. The predicted molar refractivity (Wildman–Crippen MR) is 155 cm³/mol. The highest BCUT2D eigenvalue weighted by molar-refractivity contribution is 5.94. The molecule has 0 saturated heterocycles. The van der Waals surface area contributed by atoms with Crippen molar-refractivity contribution in [1.82, 2.24) is 16.0 Å². The van der Waals surface area contributed by atoms with E-state index in [0.29, 0.717) is 37.9 Å². The van der Waals surface area contributed by atoms with E-state index in [4.69, 9.17) is 22.9 Å². The van der Waals surface area contributed by atoms with E-state index in [1.807, 2.05) is 13.8 Å². The molecule has 0 aliphatic carbocycles. The van der Waals surface area contributed by atoms with Crippen LogP contribution < -0.4 is 38.9 Å². The lowest BCUT2D eigenvalue weighted by Crippen LogP contribution is -2.57. The summed E-state index contributed by atoms with van der Waals surface area (Å²) in [5.41, 5.74) is 22.8. The Bertz CT molecular complexity index is 1010. The highest BCUT2D eigenvalue weighted by Crippen LogP contribution is 2.13. The molecule has 4 unspecified atom stereocenters. The van der Waals surface area contributed by atoms with Gasteiger partial charge in [-0.1, -0.05) is 26.0 Å². The largest absolute Gasteiger partial charge is 0.508 e. The number of hydrogen-bond donors (Lipinski definition) is 9. The number of aromatic hydroxyl groups is 1. The first kappa shape index (κ1) is 35.1. The number of guanidine groups is 1. The van der Waals surface area contributed by atoms with Crippen LogP contribution >= 0.6 is 0 Å². The number of carboxylic acids is 1. The van der Waals surface area contributed by atoms with Crippen molar-refractivity contribution in [3.05, 3.63) is 29.8 Å². The van der Waals surface area contributed by atoms with Crippen molar-refractivity contribution < 1.29 is 29.4 Å². The highest BCUT2D eigenvalue weighted by Gasteiger charge is 2.30. The van der Waals surface area contributed by atoms with Crippen molar-refractivity contribution >= 4 is 29.7 Å². The predicted octanol–water partition coefficient (Wildman–Crippen LogP) is -0.970. The van der Waals surface area contributed by atoms with E-state index >= 15 is 0 Å². The molecule has 14 nitrogen and oxygen atoms in total. The second kappa shape index (κ2) is 18.4. The van der Waals surface area contributed by atoms with E-state index in [9.17, 15) is 29.4 Å². The van der Waals surface area contributed by atoms with E-state index in [2.05, 4.69) is 20.9 Å². The molecule has 1 aromatic carbocycles. The minimum Gasteiger partial charge on any atom is -0.508 e. The van der Waals surface area contributed by atoms with Crippen LogP contribution in [-0.2, 0) is 25.6 Å². The summed E-state index contributed by atoms with van der Waals surface area (Å²) in [5.74, 6) is -3.08. The van der Waals surface area contributed by atoms with Gasteiger partial charge in [0.2, 0.25) is 17.7 Å². The van der Waals surface area contributed by atoms with E-state index in [1.54, 1.807) is 12.1 Å². The molecular weight excluding hydrogens is 532 g/mol. The Hall–Kier alpha value is -3.91. The second-order valence-corrected chi connectivity index (χ2v) is 10.4. The normalized spacial score (nSPS) is 13.9. The number of unbranched alkanes of at least 4 members (excludes halogenated alkanes) is 1. The van der Waals surface area contributed by atoms with Crippen LogP contribution in [0, 0.1) is 5.92 Å². The molecule has 0 radical (unpaired) electrons. The third-order valence-electron chi connectivity index (χ3n) is 6.22. The first-order valence-corrected chi connectivity index (χ1v) is 13.8. The summed E-state index contributed by atoms with van der Waals surface area (Å²) in [6, 6.07) is 1.77. The number of carbonyl (C=O) groups excluding carboxylic acids is 3. The number of carboxylic acid groups (broad SMARTS) is 1. The fourth-order valence-corrected chi connectivity index (χ4v) is 4.01. The third-order valence-corrected chi connectivity index (χ3v) is 6.22. The van der Waals surface area contributed by atoms with Crippen molar-refractivity contribution in [2.45, 2.75) is 83.0 Å². The molecule has 14 heteroatoms. The van der Waals surface area contributed by atoms with Crippen molar-refractivity contribution in [2.24, 2.45) is 33.8 Å². The summed E-state index contributed by atoms with van der Waals surface area (Å²) < 4.78 is 0. The molecule has 4 atom stereocenters. The molecule has 0 fully saturated rings. The fourth-order valence-electron chi connectivity index (χ4n) is 4.01. The van der Waals surface area contributed by atoms with Crippen LogP contribution in [0.2, 0.25) is 0 Å². The van der Waals surface area contributed by atoms with Gasteiger partial charge in [0.25, 0.3) is 0 Å². The molecular formula is C27H46N8O6. The number of nitrogens with zero attached hydrogens (tertiary/aromatic N) is 1. The summed E-state index contributed by atoms with van der Waals surface area (Å²) in [6.07, 6.45) is 2.39. The van der Waals surface area contributed by atoms with Gasteiger partial charge in [-0.15, -0.1) is 0 Å². The standard InChI is InChI=1S/C27H46N8O6/c1-16(2)14-21(25(39)35-22(26(40)41)15-17-8-10-18(36)11-9-17)34-24(38)20(7-3-4-12-28)33-23(37)19(29)6-5-13-32-27(30)31/h8-11,16,19-22,36H,3-7,12-15,28-29H2,1-2H3,(H,33,37)(H,34,38)(H,35,39)(H,40,41)(H4,30,31,32). The van der Waals surface area contributed by atoms with Gasteiger partial charge in [-0.3, -0.25) is 19.4 Å². The number of nitrogens with one attached hydrogen (secondary N) is 3. The molecule has 0 spiro atoms. The number of hydrogen-bond acceptors (Lipinski definition) is 8. The first-order chi connectivity index (χ1) is 19.3. The molecule has 0 aliphatic rings. The topological polar surface area (TPSA) is 261 Å². The number of phenolic OH excluding ortho intramolecular Hbond substituents is 1. The lowest BCUT2D eigenvalue weighted by molar-refractivity contribution is -0.142. The maximum absolute atomic E-state index is 13.3. The van der Waals surface area contributed by atoms with Crippen molar-refractivity contribution in [1.29, 1.82) is 0 Å². The number of aliphatic imine (C=N–C) groups is 1. The molecule has 41 heavy (non-hydrogen) atoms. The molecule has 0 aliphatic heterocycles. The molecule has 1 rings (SSSR count). The average molecular weight is 579 g/mol. The van der Waals surface area contributed by atoms with Gasteiger partial charge in [-0.05, 0) is 68.7 Å². The first-order valence-electron chi connectivity index (χ1n) is 13.8. The number of nitrogens with two attached hydrogens (primary N) is 4. The maximum Gasteiger partial charge on any atom is 0.326 e. The Labute approximate surface area is 240 Å². The van der Waals surface area contributed by atoms with Crippen molar-refractivity contribution in [2.75, 3.05) is 13.1 Å². The second-order valence-electron chi connectivity index (χ2n) is 10.4. The van der Waals surface area contributed by atoms with Crippen LogP contribution in [0.4, 0.5) is 0 Å². The molecule has 230 valence electrons. The summed E-state index contributed by atoms with van der Waals surface area (Å²) >= 11 is 0. The zero-order valence-electron chi connectivity index (χ0n) is 23.8. The number of amides is 3. The number of benzene rings is 1. The molecule has 0 heterocycles. The highest BCUT2D eigenvalue weighted by atomic mass is 16.4. The van der Waals surface area contributed by atoms with Crippen LogP contribution in [0.15, 0.2) is 29.3 Å². The minimum absolute atomic E-state index is 0.0182. The van der Waals surface area contributed by atoms with Gasteiger partial charge in [0, 0.05) is 13.0 Å². The van der Waals surface area contributed by atoms with Crippen LogP contribution in [0.5, 0.6) is 5.75 Å². The van der Waals surface area contributed by atoms with E-state index in [1.165, 1.54) is 12.1 Å². The van der Waals surface area contributed by atoms with Gasteiger partial charge in [-0.2, -0.15) is 0 Å². The van der Waals surface area contributed by atoms with Crippen LogP contribution in [-0.4, -0.2) is 77.1 Å². The number of rotatable bonds is 19. The lowest BCUT2D eigenvalue weighted by Gasteiger charge is -2.26. The Morgan fingerprint density at radius 2 is 1.44 bits per heavy atom. The zero-order valence-corrected chi connectivity index (χ0v) is 23.8. The number of carbonyl (C=O) groups is 4. The summed E-state index contributed by atoms with van der Waals surface area (Å²) in [7, 11) is 0. The van der Waals surface area contributed by atoms with Crippen molar-refractivity contribution in [3.8, 4) is 5.75 Å². The Kier molecular flexibility index (Phi) is 15.8. The summed E-state index contributed by atoms with van der Waals surface area (Å²) in [5, 5.41) is 27.0. The number of aliphatic carboxylic acids is 1. The zero-order chi connectivity index (χ0) is 30.9. The van der Waals surface area contributed by atoms with Gasteiger partial charge in [0.1, 0.15) is 23.9 Å². The smallest absolute Gasteiger partial charge is 0.326 e. The molecule has 1 aromatic rings. The Balaban J connectivity index is 2.97. The van der Waals surface area contributed by atoms with Crippen molar-refractivity contribution in [3.63, 3.8) is 0 Å². The Morgan fingerprint density at radius 1 is 0.854 bits per heavy atom. The molecule has 0 bridgehead atoms. The lowest BCUT2D eigenvalue weighted by atomic mass is 10.00. The summed E-state index contributed by atoms with van der Waals surface area (Å²) in [6.45, 7) is 4.43. The van der Waals surface area contributed by atoms with E-state index in [-0.39, 0.29) is 43.3 Å². The minimum atomic E-state index is -1.27. The number of phenols is 1. The van der Waals surface area contributed by atoms with Gasteiger partial charge < -0.3 is 49.1 Å². The van der Waals surface area contributed by atoms with Gasteiger partial charge in [0.15, 0.2) is 5.96 Å². The van der Waals surface area contributed by atoms with E-state index < -0.39 is 47.9 Å². The average Bonchev–Trinajstić information content (AvgIpc) is 2.90. The summed E-state index contributed by atoms with van der Waals surface area (Å²) in [4.78, 5) is 55.0. The van der Waals surface area contributed by atoms with E-state index in [0.717, 1.165) is 0 Å². The molecule has 0 aromatic heterocycles. The molecule has 13 N–H and O–H groups in total. The molecule has 3 amide bonds. The molecule has 0 saturated carbocycles. The monoisotopic (exact) mass is 578 g/mol. The third kappa shape index (κ3) is 14.3. The van der Waals surface area contributed by atoms with Crippen LogP contribution in [0.25, 0.3) is 0 Å². The van der Waals surface area contributed by atoms with Gasteiger partial charge in [0.05, 0.1) is 6.04 Å². The fraction of sp³-hybridized carbons (Fsp3) is 0.593. The Morgan fingerprint density at radius 3 is 2.00 bits per heavy atom. The van der Waals surface area contributed by atoms with Crippen LogP contribution in [0.3, 0.4) is 0 Å². The van der Waals surface area contributed by atoms with Gasteiger partial charge in [-0.25, -0.2) is 4.79 Å². The van der Waals surface area contributed by atoms with Crippen LogP contribution in [0.1, 0.15) is 57.9 Å².